The Balaban J connectivity index is 1.75. The summed E-state index contributed by atoms with van der Waals surface area (Å²) in [5, 5.41) is 23.4. The van der Waals surface area contributed by atoms with Crippen molar-refractivity contribution >= 4 is 39.0 Å². The first kappa shape index (κ1) is 27.1. The Hall–Kier alpha value is -4.45. The number of nitro benzene ring substituents is 1. The van der Waals surface area contributed by atoms with Gasteiger partial charge >= 0.3 is 11.7 Å². The average molecular weight is 528 g/mol. The molecule has 0 spiro atoms. The SMILES string of the molecule is CCc1cccc(CC)c1NC(=O)COC(=O)c1ccccc1NS(=O)(=O)c1ccc(O)c([N+](=O)[O-])c1. The Morgan fingerprint density at radius 3 is 2.27 bits per heavy atom. The van der Waals surface area contributed by atoms with Gasteiger partial charge < -0.3 is 15.2 Å². The number of sulfonamides is 1. The van der Waals surface area contributed by atoms with Gasteiger partial charge in [-0.15, -0.1) is 0 Å². The number of phenols is 1. The van der Waals surface area contributed by atoms with Crippen molar-refractivity contribution in [3.63, 3.8) is 0 Å². The molecule has 3 aromatic rings. The van der Waals surface area contributed by atoms with Gasteiger partial charge in [-0.25, -0.2) is 13.2 Å². The number of phenolic OH excluding ortho intramolecular Hbond substituents is 1. The second-order valence-corrected chi connectivity index (χ2v) is 9.52. The molecular formula is C25H25N3O8S. The number of ether oxygens (including phenoxy) is 1. The number of esters is 1. The van der Waals surface area contributed by atoms with Crippen molar-refractivity contribution in [3.8, 4) is 5.75 Å². The number of benzene rings is 3. The normalized spacial score (nSPS) is 11.0. The van der Waals surface area contributed by atoms with E-state index in [2.05, 4.69) is 10.0 Å². The number of rotatable bonds is 10. The van der Waals surface area contributed by atoms with E-state index in [4.69, 9.17) is 4.74 Å². The van der Waals surface area contributed by atoms with Crippen LogP contribution in [0.25, 0.3) is 0 Å². The van der Waals surface area contributed by atoms with Crippen molar-refractivity contribution in [1.29, 1.82) is 0 Å². The Kier molecular flexibility index (Phi) is 8.45. The second kappa shape index (κ2) is 11.5. The average Bonchev–Trinajstić information content (AvgIpc) is 2.87. The number of aromatic hydroxyl groups is 1. The lowest BCUT2D eigenvalue weighted by molar-refractivity contribution is -0.386. The molecule has 0 unspecified atom stereocenters. The van der Waals surface area contributed by atoms with Crippen LogP contribution in [0.3, 0.4) is 0 Å². The van der Waals surface area contributed by atoms with Crippen molar-refractivity contribution in [2.75, 3.05) is 16.6 Å². The van der Waals surface area contributed by atoms with Crippen LogP contribution in [0.1, 0.15) is 35.3 Å². The number of hydrogen-bond donors (Lipinski definition) is 3. The number of nitrogens with zero attached hydrogens (tertiary/aromatic N) is 1. The largest absolute Gasteiger partial charge is 0.502 e. The van der Waals surface area contributed by atoms with Crippen molar-refractivity contribution in [1.82, 2.24) is 0 Å². The van der Waals surface area contributed by atoms with E-state index < -0.39 is 49.8 Å². The van der Waals surface area contributed by atoms with Crippen molar-refractivity contribution < 1.29 is 32.8 Å². The molecule has 0 heterocycles. The van der Waals surface area contributed by atoms with Crippen LogP contribution >= 0.6 is 0 Å². The van der Waals surface area contributed by atoms with Gasteiger partial charge in [-0.1, -0.05) is 44.2 Å². The first-order valence-electron chi connectivity index (χ1n) is 11.2. The van der Waals surface area contributed by atoms with Gasteiger partial charge in [0.2, 0.25) is 0 Å². The minimum absolute atomic E-state index is 0.159. The number of aryl methyl sites for hydroxylation is 2. The van der Waals surface area contributed by atoms with Gasteiger partial charge in [0.15, 0.2) is 12.4 Å². The third kappa shape index (κ3) is 6.41. The predicted molar refractivity (Wildman–Crippen MR) is 136 cm³/mol. The van der Waals surface area contributed by atoms with Crippen LogP contribution in [-0.4, -0.2) is 36.9 Å². The molecule has 3 rings (SSSR count). The van der Waals surface area contributed by atoms with Gasteiger partial charge in [-0.05, 0) is 48.2 Å². The van der Waals surface area contributed by atoms with Crippen LogP contribution in [0.2, 0.25) is 0 Å². The Bertz CT molecular complexity index is 1430. The van der Waals surface area contributed by atoms with Gasteiger partial charge in [0.1, 0.15) is 0 Å². The van der Waals surface area contributed by atoms with Crippen LogP contribution in [0.5, 0.6) is 5.75 Å². The molecule has 0 saturated carbocycles. The number of para-hydroxylation sites is 2. The minimum atomic E-state index is -4.38. The summed E-state index contributed by atoms with van der Waals surface area (Å²) < 4.78 is 33.0. The standard InChI is InChI=1S/C25H25N3O8S/c1-3-16-8-7-9-17(4-2)24(16)26-23(30)15-36-25(31)19-10-5-6-11-20(19)27-37(34,35)18-12-13-22(29)21(14-18)28(32)33/h5-14,27,29H,3-4,15H2,1-2H3,(H,26,30). The van der Waals surface area contributed by atoms with E-state index in [0.29, 0.717) is 24.6 Å². The number of amides is 1. The zero-order valence-corrected chi connectivity index (χ0v) is 20.9. The third-order valence-electron chi connectivity index (χ3n) is 5.44. The molecule has 3 N–H and O–H groups in total. The quantitative estimate of drug-likeness (QED) is 0.202. The van der Waals surface area contributed by atoms with Crippen LogP contribution in [-0.2, 0) is 32.4 Å². The predicted octanol–water partition coefficient (Wildman–Crippen LogP) is 4.02. The maximum absolute atomic E-state index is 12.8. The molecule has 11 nitrogen and oxygen atoms in total. The molecule has 0 fully saturated rings. The van der Waals surface area contributed by atoms with E-state index in [1.807, 2.05) is 32.0 Å². The lowest BCUT2D eigenvalue weighted by Gasteiger charge is -2.15. The zero-order valence-electron chi connectivity index (χ0n) is 20.1. The molecule has 0 aliphatic carbocycles. The maximum Gasteiger partial charge on any atom is 0.340 e. The highest BCUT2D eigenvalue weighted by Crippen LogP contribution is 2.30. The Labute approximate surface area is 213 Å². The summed E-state index contributed by atoms with van der Waals surface area (Å²) in [4.78, 5) is 34.9. The summed E-state index contributed by atoms with van der Waals surface area (Å²) in [5.41, 5.74) is 1.42. The number of hydrogen-bond acceptors (Lipinski definition) is 8. The lowest BCUT2D eigenvalue weighted by atomic mass is 10.0. The van der Waals surface area contributed by atoms with E-state index in [1.165, 1.54) is 24.3 Å². The molecule has 0 aliphatic rings. The molecule has 0 atom stereocenters. The zero-order chi connectivity index (χ0) is 27.2. The Morgan fingerprint density at radius 1 is 1.00 bits per heavy atom. The minimum Gasteiger partial charge on any atom is -0.502 e. The van der Waals surface area contributed by atoms with E-state index in [1.54, 1.807) is 0 Å². The van der Waals surface area contributed by atoms with Crippen LogP contribution in [0.15, 0.2) is 65.6 Å². The number of carbonyl (C=O) groups excluding carboxylic acids is 2. The summed E-state index contributed by atoms with van der Waals surface area (Å²) >= 11 is 0. The molecule has 3 aromatic carbocycles. The molecule has 0 aliphatic heterocycles. The summed E-state index contributed by atoms with van der Waals surface area (Å²) in [6, 6.07) is 13.8. The second-order valence-electron chi connectivity index (χ2n) is 7.84. The third-order valence-corrected chi connectivity index (χ3v) is 6.81. The fraction of sp³-hybridized carbons (Fsp3) is 0.200. The maximum atomic E-state index is 12.8. The van der Waals surface area contributed by atoms with Gasteiger partial charge in [0.05, 0.1) is 21.1 Å². The molecule has 0 radical (unpaired) electrons. The summed E-state index contributed by atoms with van der Waals surface area (Å²) in [6.45, 7) is 3.31. The fourth-order valence-electron chi connectivity index (χ4n) is 3.56. The topological polar surface area (TPSA) is 165 Å². The molecular weight excluding hydrogens is 502 g/mol. The highest BCUT2D eigenvalue weighted by atomic mass is 32.2. The van der Waals surface area contributed by atoms with E-state index in [0.717, 1.165) is 23.3 Å². The van der Waals surface area contributed by atoms with Crippen molar-refractivity contribution in [2.24, 2.45) is 0 Å². The van der Waals surface area contributed by atoms with Gasteiger partial charge in [0, 0.05) is 11.8 Å². The molecule has 12 heteroatoms. The smallest absolute Gasteiger partial charge is 0.340 e. The fourth-order valence-corrected chi connectivity index (χ4v) is 4.66. The van der Waals surface area contributed by atoms with Crippen molar-refractivity contribution in [3.05, 3.63) is 87.5 Å². The van der Waals surface area contributed by atoms with Crippen LogP contribution in [0.4, 0.5) is 17.1 Å². The first-order valence-corrected chi connectivity index (χ1v) is 12.7. The number of anilines is 2. The lowest BCUT2D eigenvalue weighted by Crippen LogP contribution is -2.23. The number of carbonyl (C=O) groups is 2. The number of nitro groups is 1. The van der Waals surface area contributed by atoms with E-state index in [-0.39, 0.29) is 11.3 Å². The Morgan fingerprint density at radius 2 is 1.65 bits per heavy atom. The van der Waals surface area contributed by atoms with Gasteiger partial charge in [-0.2, -0.15) is 0 Å². The molecule has 37 heavy (non-hydrogen) atoms. The molecule has 1 amide bonds. The highest BCUT2D eigenvalue weighted by molar-refractivity contribution is 7.92. The van der Waals surface area contributed by atoms with Crippen LogP contribution in [0, 0.1) is 10.1 Å². The number of nitrogens with one attached hydrogen (secondary N) is 2. The van der Waals surface area contributed by atoms with Gasteiger partial charge in [-0.3, -0.25) is 19.6 Å². The molecule has 0 aromatic heterocycles. The summed E-state index contributed by atoms with van der Waals surface area (Å²) in [5.74, 6) is -2.21. The van der Waals surface area contributed by atoms with E-state index in [9.17, 15) is 33.2 Å². The van der Waals surface area contributed by atoms with E-state index >= 15 is 0 Å². The molecule has 194 valence electrons. The van der Waals surface area contributed by atoms with Gasteiger partial charge in [0.25, 0.3) is 15.9 Å². The summed E-state index contributed by atoms with van der Waals surface area (Å²) in [6.07, 6.45) is 1.39. The highest BCUT2D eigenvalue weighted by Gasteiger charge is 2.24. The first-order chi connectivity index (χ1) is 17.6. The van der Waals surface area contributed by atoms with Crippen LogP contribution < -0.4 is 10.0 Å². The molecule has 0 saturated heterocycles. The molecule has 0 bridgehead atoms. The monoisotopic (exact) mass is 527 g/mol. The summed E-state index contributed by atoms with van der Waals surface area (Å²) in [7, 11) is -4.38. The van der Waals surface area contributed by atoms with Crippen molar-refractivity contribution in [2.45, 2.75) is 31.6 Å².